The van der Waals surface area contributed by atoms with Gasteiger partial charge in [-0.3, -0.25) is 4.79 Å². The Kier molecular flexibility index (Phi) is 4.92. The van der Waals surface area contributed by atoms with Crippen LogP contribution in [0.3, 0.4) is 0 Å². The number of ether oxygens (including phenoxy) is 1. The van der Waals surface area contributed by atoms with Crippen molar-refractivity contribution in [3.8, 4) is 39.9 Å². The van der Waals surface area contributed by atoms with Crippen molar-refractivity contribution in [2.45, 2.75) is 20.3 Å². The molecule has 3 aromatic rings. The lowest BCUT2D eigenvalue weighted by atomic mass is 9.94. The van der Waals surface area contributed by atoms with E-state index in [0.29, 0.717) is 5.56 Å². The van der Waals surface area contributed by atoms with Crippen LogP contribution in [0, 0.1) is 0 Å². The first kappa shape index (κ1) is 19.2. The second-order valence-electron chi connectivity index (χ2n) is 6.60. The van der Waals surface area contributed by atoms with Gasteiger partial charge in [0.15, 0.2) is 11.5 Å². The first-order valence-electron chi connectivity index (χ1n) is 8.47. The van der Waals surface area contributed by atoms with Crippen molar-refractivity contribution in [3.63, 3.8) is 0 Å². The summed E-state index contributed by atoms with van der Waals surface area (Å²) in [5.41, 5.74) is 0.917. The molecule has 0 amide bonds. The molecule has 0 saturated carbocycles. The Bertz CT molecular complexity index is 1150. The third-order valence-electron chi connectivity index (χ3n) is 4.37. The number of fused-ring (bicyclic) bond motifs is 1. The fourth-order valence-corrected chi connectivity index (χ4v) is 3.11. The number of allylic oxidation sites excluding steroid dienone is 2. The molecular formula is C21H20O7. The minimum absolute atomic E-state index is 0.00216. The molecule has 0 saturated heterocycles. The molecule has 28 heavy (non-hydrogen) atoms. The average Bonchev–Trinajstić information content (AvgIpc) is 2.60. The van der Waals surface area contributed by atoms with E-state index in [9.17, 15) is 25.2 Å². The molecule has 0 atom stereocenters. The zero-order valence-corrected chi connectivity index (χ0v) is 15.6. The third kappa shape index (κ3) is 3.22. The molecule has 0 aliphatic rings. The van der Waals surface area contributed by atoms with Crippen molar-refractivity contribution in [2.75, 3.05) is 7.11 Å². The van der Waals surface area contributed by atoms with E-state index >= 15 is 0 Å². The van der Waals surface area contributed by atoms with Crippen molar-refractivity contribution >= 4 is 11.0 Å². The average molecular weight is 384 g/mol. The zero-order valence-electron chi connectivity index (χ0n) is 15.6. The molecule has 0 aliphatic heterocycles. The molecule has 0 unspecified atom stereocenters. The Hall–Kier alpha value is -3.61. The lowest BCUT2D eigenvalue weighted by molar-refractivity contribution is 0.366. The van der Waals surface area contributed by atoms with Gasteiger partial charge in [0.2, 0.25) is 5.43 Å². The second kappa shape index (κ2) is 7.19. The van der Waals surface area contributed by atoms with E-state index in [1.54, 1.807) is 0 Å². The van der Waals surface area contributed by atoms with Crippen LogP contribution in [0.25, 0.3) is 22.1 Å². The predicted octanol–water partition coefficient (Wildman–Crippen LogP) is 3.80. The van der Waals surface area contributed by atoms with Crippen LogP contribution in [0.1, 0.15) is 19.4 Å². The number of rotatable bonds is 4. The van der Waals surface area contributed by atoms with Crippen molar-refractivity contribution in [2.24, 2.45) is 0 Å². The predicted molar refractivity (Wildman–Crippen MR) is 104 cm³/mol. The summed E-state index contributed by atoms with van der Waals surface area (Å²) in [7, 11) is 1.37. The van der Waals surface area contributed by atoms with Gasteiger partial charge in [0.1, 0.15) is 34.5 Å². The molecular weight excluding hydrogens is 364 g/mol. The molecule has 3 rings (SSSR count). The Labute approximate surface area is 160 Å². The minimum atomic E-state index is -0.597. The molecule has 0 fully saturated rings. The summed E-state index contributed by atoms with van der Waals surface area (Å²) >= 11 is 0. The Morgan fingerprint density at radius 1 is 1.07 bits per heavy atom. The van der Waals surface area contributed by atoms with Gasteiger partial charge in [0.05, 0.1) is 12.7 Å². The van der Waals surface area contributed by atoms with Crippen molar-refractivity contribution in [1.82, 2.24) is 0 Å². The van der Waals surface area contributed by atoms with Crippen molar-refractivity contribution in [3.05, 3.63) is 51.9 Å². The maximum atomic E-state index is 13.1. The highest BCUT2D eigenvalue weighted by molar-refractivity contribution is 5.90. The van der Waals surface area contributed by atoms with Gasteiger partial charge in [-0.05, 0) is 20.3 Å². The summed E-state index contributed by atoms with van der Waals surface area (Å²) in [5, 5.41) is 40.2. The number of phenolic OH excluding ortho intramolecular Hbond substituents is 4. The van der Waals surface area contributed by atoms with Crippen LogP contribution in [0.2, 0.25) is 0 Å². The molecule has 146 valence electrons. The number of aromatic hydroxyl groups is 4. The van der Waals surface area contributed by atoms with Crippen LogP contribution in [0.5, 0.6) is 28.7 Å². The number of methoxy groups -OCH3 is 1. The molecule has 0 spiro atoms. The quantitative estimate of drug-likeness (QED) is 0.505. The van der Waals surface area contributed by atoms with Gasteiger partial charge in [-0.25, -0.2) is 0 Å². The number of benzene rings is 2. The molecule has 0 radical (unpaired) electrons. The van der Waals surface area contributed by atoms with Crippen molar-refractivity contribution in [1.29, 1.82) is 0 Å². The highest BCUT2D eigenvalue weighted by Crippen LogP contribution is 2.44. The summed E-state index contributed by atoms with van der Waals surface area (Å²) in [5.74, 6) is -1.17. The lowest BCUT2D eigenvalue weighted by Crippen LogP contribution is -2.08. The largest absolute Gasteiger partial charge is 0.508 e. The Morgan fingerprint density at radius 3 is 2.43 bits per heavy atom. The van der Waals surface area contributed by atoms with Gasteiger partial charge in [-0.15, -0.1) is 0 Å². The van der Waals surface area contributed by atoms with Crippen LogP contribution in [0.4, 0.5) is 0 Å². The monoisotopic (exact) mass is 384 g/mol. The molecule has 7 nitrogen and oxygen atoms in total. The standard InChI is InChI=1S/C21H20O7/c1-10(2)4-5-12-18(15(24)8-16(25)21(12)27-3)13-9-28-17-7-11(22)6-14(23)19(17)20(13)26/h4,6-9,22-25H,5H2,1-3H3. The first-order chi connectivity index (χ1) is 13.2. The van der Waals surface area contributed by atoms with Gasteiger partial charge in [0.25, 0.3) is 0 Å². The van der Waals surface area contributed by atoms with Crippen LogP contribution >= 0.6 is 0 Å². The van der Waals surface area contributed by atoms with E-state index in [2.05, 4.69) is 0 Å². The van der Waals surface area contributed by atoms with Gasteiger partial charge >= 0.3 is 0 Å². The van der Waals surface area contributed by atoms with Crippen LogP contribution in [0.15, 0.2) is 45.3 Å². The molecule has 0 aliphatic carbocycles. The molecule has 2 aromatic carbocycles. The summed E-state index contributed by atoms with van der Waals surface area (Å²) in [6.07, 6.45) is 3.28. The summed E-state index contributed by atoms with van der Waals surface area (Å²) < 4.78 is 10.7. The summed E-state index contributed by atoms with van der Waals surface area (Å²) in [4.78, 5) is 13.1. The zero-order chi connectivity index (χ0) is 20.6. The van der Waals surface area contributed by atoms with Crippen LogP contribution in [-0.4, -0.2) is 27.5 Å². The minimum Gasteiger partial charge on any atom is -0.508 e. The molecule has 4 N–H and O–H groups in total. The number of hydrogen-bond acceptors (Lipinski definition) is 7. The van der Waals surface area contributed by atoms with Crippen LogP contribution in [-0.2, 0) is 6.42 Å². The topological polar surface area (TPSA) is 120 Å². The first-order valence-corrected chi connectivity index (χ1v) is 8.47. The van der Waals surface area contributed by atoms with E-state index in [-0.39, 0.29) is 51.5 Å². The summed E-state index contributed by atoms with van der Waals surface area (Å²) in [6, 6.07) is 3.33. The van der Waals surface area contributed by atoms with Gasteiger partial charge in [-0.2, -0.15) is 0 Å². The van der Waals surface area contributed by atoms with E-state index in [1.807, 2.05) is 19.9 Å². The van der Waals surface area contributed by atoms with E-state index in [1.165, 1.54) is 13.2 Å². The molecule has 7 heteroatoms. The SMILES string of the molecule is COc1c(O)cc(O)c(-c2coc3cc(O)cc(O)c3c2=O)c1CC=C(C)C. The highest BCUT2D eigenvalue weighted by Gasteiger charge is 2.23. The van der Waals surface area contributed by atoms with E-state index in [4.69, 9.17) is 9.15 Å². The third-order valence-corrected chi connectivity index (χ3v) is 4.37. The Balaban J connectivity index is 2.39. The second-order valence-corrected chi connectivity index (χ2v) is 6.60. The van der Waals surface area contributed by atoms with E-state index < -0.39 is 11.2 Å². The maximum absolute atomic E-state index is 13.1. The van der Waals surface area contributed by atoms with Crippen molar-refractivity contribution < 1.29 is 29.6 Å². The Morgan fingerprint density at radius 2 is 1.79 bits per heavy atom. The fraction of sp³-hybridized carbons (Fsp3) is 0.190. The number of hydrogen-bond donors (Lipinski definition) is 4. The fourth-order valence-electron chi connectivity index (χ4n) is 3.11. The highest BCUT2D eigenvalue weighted by atomic mass is 16.5. The molecule has 1 aromatic heterocycles. The smallest absolute Gasteiger partial charge is 0.204 e. The molecule has 0 bridgehead atoms. The number of phenols is 4. The van der Waals surface area contributed by atoms with E-state index in [0.717, 1.165) is 24.0 Å². The summed E-state index contributed by atoms with van der Waals surface area (Å²) in [6.45, 7) is 3.79. The van der Waals surface area contributed by atoms with Gasteiger partial charge < -0.3 is 29.6 Å². The van der Waals surface area contributed by atoms with Gasteiger partial charge in [0, 0.05) is 29.3 Å². The van der Waals surface area contributed by atoms with Crippen LogP contribution < -0.4 is 10.2 Å². The molecule has 1 heterocycles. The maximum Gasteiger partial charge on any atom is 0.204 e. The van der Waals surface area contributed by atoms with Gasteiger partial charge in [-0.1, -0.05) is 11.6 Å². The lowest BCUT2D eigenvalue weighted by Gasteiger charge is -2.16. The normalized spacial score (nSPS) is 10.8.